The zero-order valence-electron chi connectivity index (χ0n) is 12.6. The molecule has 0 N–H and O–H groups in total. The number of hydrogen-bond acceptors (Lipinski definition) is 0. The van der Waals surface area contributed by atoms with Crippen LogP contribution in [0.15, 0.2) is 0 Å². The van der Waals surface area contributed by atoms with Crippen LogP contribution in [-0.4, -0.2) is 0 Å². The molecule has 0 bridgehead atoms. The smallest absolute Gasteiger partial charge is 0.0210 e. The third kappa shape index (κ3) is 4.59. The highest BCUT2D eigenvalue weighted by Crippen LogP contribution is 2.38. The van der Waals surface area contributed by atoms with Crippen LogP contribution in [0.3, 0.4) is 0 Å². The highest BCUT2D eigenvalue weighted by atomic mass is 14.3. The summed E-state index contributed by atoms with van der Waals surface area (Å²) in [7, 11) is 0. The van der Waals surface area contributed by atoms with Gasteiger partial charge in [0.05, 0.1) is 0 Å². The minimum absolute atomic E-state index is 1.02. The van der Waals surface area contributed by atoms with Crippen molar-refractivity contribution in [3.8, 4) is 0 Å². The van der Waals surface area contributed by atoms with E-state index in [4.69, 9.17) is 0 Å². The van der Waals surface area contributed by atoms with Gasteiger partial charge in [-0.1, -0.05) is 64.7 Å². The standard InChI is InChI=1S/C18H33/c1-2-9-17(18-12-7-4-8-13-18)15-14-16-10-5-3-6-11-16/h16,18H,2-15H2,1H3. The van der Waals surface area contributed by atoms with Crippen LogP contribution < -0.4 is 0 Å². The Balaban J connectivity index is 1.73. The highest BCUT2D eigenvalue weighted by molar-refractivity contribution is 4.97. The molecule has 0 amide bonds. The van der Waals surface area contributed by atoms with Crippen molar-refractivity contribution in [2.24, 2.45) is 11.8 Å². The Labute approximate surface area is 115 Å². The molecule has 0 aromatic heterocycles. The monoisotopic (exact) mass is 249 g/mol. The Kier molecular flexibility index (Phi) is 6.59. The van der Waals surface area contributed by atoms with E-state index < -0.39 is 0 Å². The fourth-order valence-corrected chi connectivity index (χ4v) is 4.23. The second kappa shape index (κ2) is 8.23. The topological polar surface area (TPSA) is 0 Å². The molecule has 0 heterocycles. The van der Waals surface area contributed by atoms with Crippen LogP contribution in [0.5, 0.6) is 0 Å². The van der Waals surface area contributed by atoms with Gasteiger partial charge in [0.15, 0.2) is 0 Å². The molecule has 2 aliphatic rings. The summed E-state index contributed by atoms with van der Waals surface area (Å²) in [6.07, 6.45) is 20.9. The van der Waals surface area contributed by atoms with E-state index >= 15 is 0 Å². The molecule has 2 saturated carbocycles. The van der Waals surface area contributed by atoms with Gasteiger partial charge in [0, 0.05) is 0 Å². The summed E-state index contributed by atoms with van der Waals surface area (Å²) in [4.78, 5) is 0. The average molecular weight is 249 g/mol. The van der Waals surface area contributed by atoms with Gasteiger partial charge in [0.2, 0.25) is 0 Å². The molecule has 0 aromatic carbocycles. The maximum Gasteiger partial charge on any atom is -0.0210 e. The van der Waals surface area contributed by atoms with Crippen molar-refractivity contribution in [1.82, 2.24) is 0 Å². The molecule has 0 saturated heterocycles. The van der Waals surface area contributed by atoms with Gasteiger partial charge in [-0.05, 0) is 49.9 Å². The van der Waals surface area contributed by atoms with Crippen LogP contribution in [0.4, 0.5) is 0 Å². The molecule has 0 nitrogen and oxygen atoms in total. The lowest BCUT2D eigenvalue weighted by atomic mass is 9.74. The SMILES string of the molecule is CCC[C](CCC1CCCCC1)C1CCCCC1. The number of hydrogen-bond donors (Lipinski definition) is 0. The second-order valence-electron chi connectivity index (χ2n) is 6.79. The first-order valence-electron chi connectivity index (χ1n) is 8.74. The fraction of sp³-hybridized carbons (Fsp3) is 0.944. The van der Waals surface area contributed by atoms with Crippen LogP contribution >= 0.6 is 0 Å². The minimum Gasteiger partial charge on any atom is -0.0654 e. The van der Waals surface area contributed by atoms with Crippen molar-refractivity contribution in [1.29, 1.82) is 0 Å². The van der Waals surface area contributed by atoms with Crippen LogP contribution in [0, 0.1) is 17.8 Å². The largest absolute Gasteiger partial charge is 0.0654 e. The van der Waals surface area contributed by atoms with Crippen molar-refractivity contribution in [2.75, 3.05) is 0 Å². The maximum atomic E-state index is 2.36. The Morgan fingerprint density at radius 2 is 1.39 bits per heavy atom. The molecule has 0 aromatic rings. The second-order valence-corrected chi connectivity index (χ2v) is 6.79. The summed E-state index contributed by atoms with van der Waals surface area (Å²) < 4.78 is 0. The van der Waals surface area contributed by atoms with Gasteiger partial charge in [-0.3, -0.25) is 0 Å². The first kappa shape index (κ1) is 14.4. The first-order chi connectivity index (χ1) is 8.90. The molecular formula is C18H33. The van der Waals surface area contributed by atoms with Crippen molar-refractivity contribution in [2.45, 2.75) is 96.8 Å². The molecule has 0 spiro atoms. The predicted molar refractivity (Wildman–Crippen MR) is 80.5 cm³/mol. The number of rotatable bonds is 6. The highest BCUT2D eigenvalue weighted by Gasteiger charge is 2.24. The molecule has 0 atom stereocenters. The van der Waals surface area contributed by atoms with Crippen molar-refractivity contribution in [3.05, 3.63) is 5.92 Å². The van der Waals surface area contributed by atoms with E-state index in [1.54, 1.807) is 0 Å². The fourth-order valence-electron chi connectivity index (χ4n) is 4.23. The first-order valence-corrected chi connectivity index (χ1v) is 8.74. The molecule has 2 fully saturated rings. The quantitative estimate of drug-likeness (QED) is 0.518. The van der Waals surface area contributed by atoms with Crippen LogP contribution in [0.1, 0.15) is 96.8 Å². The lowest BCUT2D eigenvalue weighted by molar-refractivity contribution is 0.300. The molecule has 2 aliphatic carbocycles. The van der Waals surface area contributed by atoms with Gasteiger partial charge in [0.25, 0.3) is 0 Å². The molecule has 105 valence electrons. The Hall–Kier alpha value is 0. The molecule has 1 radical (unpaired) electrons. The summed E-state index contributed by atoms with van der Waals surface area (Å²) in [5, 5.41) is 0. The van der Waals surface area contributed by atoms with Gasteiger partial charge in [-0.25, -0.2) is 0 Å². The van der Waals surface area contributed by atoms with E-state index in [0.717, 1.165) is 11.8 Å². The minimum atomic E-state index is 1.02. The Morgan fingerprint density at radius 1 is 0.778 bits per heavy atom. The molecule has 18 heavy (non-hydrogen) atoms. The lowest BCUT2D eigenvalue weighted by Gasteiger charge is -2.31. The Morgan fingerprint density at radius 3 is 2.00 bits per heavy atom. The average Bonchev–Trinajstić information content (AvgIpc) is 2.45. The Bertz CT molecular complexity index is 196. The molecule has 2 rings (SSSR count). The van der Waals surface area contributed by atoms with Crippen molar-refractivity contribution < 1.29 is 0 Å². The molecular weight excluding hydrogens is 216 g/mol. The molecule has 0 heteroatoms. The van der Waals surface area contributed by atoms with Gasteiger partial charge >= 0.3 is 0 Å². The van der Waals surface area contributed by atoms with Crippen molar-refractivity contribution >= 4 is 0 Å². The van der Waals surface area contributed by atoms with Gasteiger partial charge in [-0.2, -0.15) is 0 Å². The van der Waals surface area contributed by atoms with E-state index in [9.17, 15) is 0 Å². The van der Waals surface area contributed by atoms with E-state index in [0.29, 0.717) is 0 Å². The summed E-state index contributed by atoms with van der Waals surface area (Å²) >= 11 is 0. The summed E-state index contributed by atoms with van der Waals surface area (Å²) in [6.45, 7) is 2.36. The third-order valence-electron chi connectivity index (χ3n) is 5.35. The van der Waals surface area contributed by atoms with Crippen LogP contribution in [-0.2, 0) is 0 Å². The zero-order chi connectivity index (χ0) is 12.6. The normalized spacial score (nSPS) is 23.7. The van der Waals surface area contributed by atoms with Crippen LogP contribution in [0.25, 0.3) is 0 Å². The van der Waals surface area contributed by atoms with Crippen LogP contribution in [0.2, 0.25) is 0 Å². The van der Waals surface area contributed by atoms with Gasteiger partial charge in [0.1, 0.15) is 0 Å². The maximum absolute atomic E-state index is 2.36. The molecule has 0 aliphatic heterocycles. The third-order valence-corrected chi connectivity index (χ3v) is 5.35. The van der Waals surface area contributed by atoms with Crippen molar-refractivity contribution in [3.63, 3.8) is 0 Å². The molecule has 0 unspecified atom stereocenters. The summed E-state index contributed by atoms with van der Waals surface area (Å²) in [5.74, 6) is 4.05. The van der Waals surface area contributed by atoms with Gasteiger partial charge in [-0.15, -0.1) is 0 Å². The lowest BCUT2D eigenvalue weighted by Crippen LogP contribution is -2.18. The van der Waals surface area contributed by atoms with E-state index in [1.165, 1.54) is 89.9 Å². The summed E-state index contributed by atoms with van der Waals surface area (Å²) in [5.41, 5.74) is 0. The van der Waals surface area contributed by atoms with E-state index in [1.807, 2.05) is 5.92 Å². The van der Waals surface area contributed by atoms with E-state index in [-0.39, 0.29) is 0 Å². The van der Waals surface area contributed by atoms with E-state index in [2.05, 4.69) is 6.92 Å². The summed E-state index contributed by atoms with van der Waals surface area (Å²) in [6, 6.07) is 0. The predicted octanol–water partition coefficient (Wildman–Crippen LogP) is 6.30. The zero-order valence-corrected chi connectivity index (χ0v) is 12.6. The van der Waals surface area contributed by atoms with Gasteiger partial charge < -0.3 is 0 Å².